The average Bonchev–Trinajstić information content (AvgIpc) is 2.79. The lowest BCUT2D eigenvalue weighted by Gasteiger charge is -2.11. The Morgan fingerprint density at radius 1 is 0.806 bits per heavy atom. The molecule has 0 aliphatic carbocycles. The van der Waals surface area contributed by atoms with Gasteiger partial charge in [0.25, 0.3) is 5.91 Å². The van der Waals surface area contributed by atoms with E-state index in [2.05, 4.69) is 10.6 Å². The normalized spacial score (nSPS) is 10.3. The van der Waals surface area contributed by atoms with E-state index in [1.165, 1.54) is 0 Å². The lowest BCUT2D eigenvalue weighted by molar-refractivity contribution is -0.125. The SMILES string of the molecule is CCc1ccccc1NC(=O)CNC(=O)COc1ccc(Oc2ccc(C)cc2)cc1. The smallest absolute Gasteiger partial charge is 0.258 e. The maximum atomic E-state index is 12.1. The molecule has 31 heavy (non-hydrogen) atoms. The molecule has 6 nitrogen and oxygen atoms in total. The van der Waals surface area contributed by atoms with Gasteiger partial charge in [-0.25, -0.2) is 0 Å². The number of anilines is 1. The van der Waals surface area contributed by atoms with Gasteiger partial charge < -0.3 is 20.1 Å². The van der Waals surface area contributed by atoms with Gasteiger partial charge in [0.05, 0.1) is 6.54 Å². The first kappa shape index (κ1) is 21.9. The van der Waals surface area contributed by atoms with Gasteiger partial charge in [0.2, 0.25) is 5.91 Å². The quantitative estimate of drug-likeness (QED) is 0.537. The fraction of sp³-hybridized carbons (Fsp3) is 0.200. The molecule has 0 spiro atoms. The summed E-state index contributed by atoms with van der Waals surface area (Å²) in [5.41, 5.74) is 2.96. The summed E-state index contributed by atoms with van der Waals surface area (Å²) in [6.07, 6.45) is 0.811. The van der Waals surface area contributed by atoms with Gasteiger partial charge in [0, 0.05) is 5.69 Å². The van der Waals surface area contributed by atoms with E-state index >= 15 is 0 Å². The van der Waals surface area contributed by atoms with E-state index in [1.54, 1.807) is 24.3 Å². The van der Waals surface area contributed by atoms with Crippen molar-refractivity contribution in [3.05, 3.63) is 83.9 Å². The van der Waals surface area contributed by atoms with Gasteiger partial charge >= 0.3 is 0 Å². The molecule has 0 saturated carbocycles. The van der Waals surface area contributed by atoms with Crippen molar-refractivity contribution in [2.24, 2.45) is 0 Å². The molecule has 160 valence electrons. The number of aryl methyl sites for hydroxylation is 2. The number of rotatable bonds is 9. The molecule has 3 rings (SSSR count). The highest BCUT2D eigenvalue weighted by Gasteiger charge is 2.09. The highest BCUT2D eigenvalue weighted by molar-refractivity contribution is 5.95. The molecule has 6 heteroatoms. The predicted molar refractivity (Wildman–Crippen MR) is 121 cm³/mol. The van der Waals surface area contributed by atoms with E-state index in [0.29, 0.717) is 11.5 Å². The fourth-order valence-electron chi connectivity index (χ4n) is 2.87. The number of carbonyl (C=O) groups is 2. The second-order valence-corrected chi connectivity index (χ2v) is 7.01. The number of hydrogen-bond acceptors (Lipinski definition) is 4. The molecule has 0 aliphatic rings. The monoisotopic (exact) mass is 418 g/mol. The Kier molecular flexibility index (Phi) is 7.65. The summed E-state index contributed by atoms with van der Waals surface area (Å²) in [4.78, 5) is 24.1. The number of para-hydroxylation sites is 1. The van der Waals surface area contributed by atoms with Gasteiger partial charge in [-0.05, 0) is 61.4 Å². The molecule has 3 aromatic rings. The summed E-state index contributed by atoms with van der Waals surface area (Å²) in [7, 11) is 0. The van der Waals surface area contributed by atoms with Crippen molar-refractivity contribution in [3.63, 3.8) is 0 Å². The van der Waals surface area contributed by atoms with Crippen LogP contribution < -0.4 is 20.1 Å². The summed E-state index contributed by atoms with van der Waals surface area (Å²) >= 11 is 0. The van der Waals surface area contributed by atoms with Crippen LogP contribution in [0.15, 0.2) is 72.8 Å². The molecule has 3 aromatic carbocycles. The summed E-state index contributed by atoms with van der Waals surface area (Å²) in [5.74, 6) is 1.29. The summed E-state index contributed by atoms with van der Waals surface area (Å²) in [6.45, 7) is 3.73. The molecule has 2 N–H and O–H groups in total. The first-order valence-electron chi connectivity index (χ1n) is 10.2. The van der Waals surface area contributed by atoms with Crippen LogP contribution >= 0.6 is 0 Å². The van der Waals surface area contributed by atoms with E-state index < -0.39 is 0 Å². The zero-order valence-corrected chi connectivity index (χ0v) is 17.7. The van der Waals surface area contributed by atoms with E-state index in [9.17, 15) is 9.59 Å². The highest BCUT2D eigenvalue weighted by atomic mass is 16.5. The maximum Gasteiger partial charge on any atom is 0.258 e. The number of amides is 2. The average molecular weight is 418 g/mol. The summed E-state index contributed by atoms with van der Waals surface area (Å²) in [6, 6.07) is 22.3. The van der Waals surface area contributed by atoms with Crippen LogP contribution in [-0.2, 0) is 16.0 Å². The second kappa shape index (κ2) is 10.8. The van der Waals surface area contributed by atoms with Gasteiger partial charge in [0.1, 0.15) is 17.2 Å². The number of carbonyl (C=O) groups excluding carboxylic acids is 2. The van der Waals surface area contributed by atoms with Crippen LogP contribution in [0.2, 0.25) is 0 Å². The first-order valence-corrected chi connectivity index (χ1v) is 10.2. The number of ether oxygens (including phenoxy) is 2. The fourth-order valence-corrected chi connectivity index (χ4v) is 2.87. The maximum absolute atomic E-state index is 12.1. The van der Waals surface area contributed by atoms with E-state index in [0.717, 1.165) is 29.0 Å². The first-order chi connectivity index (χ1) is 15.0. The molecule has 0 radical (unpaired) electrons. The Bertz CT molecular complexity index is 1010. The van der Waals surface area contributed by atoms with Gasteiger partial charge in [0.15, 0.2) is 6.61 Å². The molecule has 0 bridgehead atoms. The third-order valence-corrected chi connectivity index (χ3v) is 4.57. The van der Waals surface area contributed by atoms with Crippen LogP contribution in [0.4, 0.5) is 5.69 Å². The van der Waals surface area contributed by atoms with Gasteiger partial charge in [-0.3, -0.25) is 9.59 Å². The zero-order chi connectivity index (χ0) is 22.1. The van der Waals surface area contributed by atoms with Crippen molar-refractivity contribution >= 4 is 17.5 Å². The number of benzene rings is 3. The minimum Gasteiger partial charge on any atom is -0.484 e. The van der Waals surface area contributed by atoms with Gasteiger partial charge in [-0.2, -0.15) is 0 Å². The molecule has 0 saturated heterocycles. The van der Waals surface area contributed by atoms with Crippen LogP contribution in [0.1, 0.15) is 18.1 Å². The largest absolute Gasteiger partial charge is 0.484 e. The van der Waals surface area contributed by atoms with Crippen molar-refractivity contribution in [2.75, 3.05) is 18.5 Å². The third kappa shape index (κ3) is 6.89. The molecule has 0 atom stereocenters. The molecule has 0 fully saturated rings. The number of nitrogens with one attached hydrogen (secondary N) is 2. The summed E-state index contributed by atoms with van der Waals surface area (Å²) in [5, 5.41) is 5.37. The third-order valence-electron chi connectivity index (χ3n) is 4.57. The van der Waals surface area contributed by atoms with E-state index in [1.807, 2.05) is 62.4 Å². The van der Waals surface area contributed by atoms with Crippen LogP contribution in [0.25, 0.3) is 0 Å². The Balaban J connectivity index is 1.41. The molecular weight excluding hydrogens is 392 g/mol. The topological polar surface area (TPSA) is 76.7 Å². The molecule has 2 amide bonds. The predicted octanol–water partition coefficient (Wildman–Crippen LogP) is 4.48. The molecular formula is C25H26N2O4. The molecule has 0 aliphatic heterocycles. The Morgan fingerprint density at radius 3 is 2.10 bits per heavy atom. The van der Waals surface area contributed by atoms with Crippen LogP contribution in [0.3, 0.4) is 0 Å². The standard InChI is InChI=1S/C25H26N2O4/c1-3-19-6-4-5-7-23(19)27-24(28)16-26-25(29)17-30-20-12-14-22(15-13-20)31-21-10-8-18(2)9-11-21/h4-15H,3,16-17H2,1-2H3,(H,26,29)(H,27,28). The lowest BCUT2D eigenvalue weighted by atomic mass is 10.1. The van der Waals surface area contributed by atoms with E-state index in [4.69, 9.17) is 9.47 Å². The molecule has 0 unspecified atom stereocenters. The van der Waals surface area contributed by atoms with Crippen molar-refractivity contribution in [2.45, 2.75) is 20.3 Å². The van der Waals surface area contributed by atoms with Crippen molar-refractivity contribution < 1.29 is 19.1 Å². The minimum atomic E-state index is -0.376. The zero-order valence-electron chi connectivity index (χ0n) is 17.7. The van der Waals surface area contributed by atoms with Crippen molar-refractivity contribution in [1.82, 2.24) is 5.32 Å². The molecule has 0 aromatic heterocycles. The Hall–Kier alpha value is -3.80. The van der Waals surface area contributed by atoms with Crippen LogP contribution in [-0.4, -0.2) is 25.0 Å². The lowest BCUT2D eigenvalue weighted by Crippen LogP contribution is -2.35. The summed E-state index contributed by atoms with van der Waals surface area (Å²) < 4.78 is 11.2. The van der Waals surface area contributed by atoms with Crippen LogP contribution in [0.5, 0.6) is 17.2 Å². The van der Waals surface area contributed by atoms with Gasteiger partial charge in [-0.1, -0.05) is 42.8 Å². The molecule has 0 heterocycles. The van der Waals surface area contributed by atoms with Gasteiger partial charge in [-0.15, -0.1) is 0 Å². The van der Waals surface area contributed by atoms with E-state index in [-0.39, 0.29) is 25.0 Å². The van der Waals surface area contributed by atoms with Crippen LogP contribution in [0, 0.1) is 6.92 Å². The Morgan fingerprint density at radius 2 is 1.42 bits per heavy atom. The highest BCUT2D eigenvalue weighted by Crippen LogP contribution is 2.24. The second-order valence-electron chi connectivity index (χ2n) is 7.01. The van der Waals surface area contributed by atoms with Crippen molar-refractivity contribution in [3.8, 4) is 17.2 Å². The Labute approximate surface area is 182 Å². The van der Waals surface area contributed by atoms with Crippen molar-refractivity contribution in [1.29, 1.82) is 0 Å². The minimum absolute atomic E-state index is 0.121. The number of hydrogen-bond donors (Lipinski definition) is 2.